The molecule has 3 rings (SSSR count). The minimum absolute atomic E-state index is 0.0538. The Morgan fingerprint density at radius 2 is 2.07 bits per heavy atom. The van der Waals surface area contributed by atoms with Crippen LogP contribution in [-0.2, 0) is 14.4 Å². The Hall–Kier alpha value is -1.63. The van der Waals surface area contributed by atoms with Gasteiger partial charge in [0.1, 0.15) is 0 Å². The fourth-order valence-electron chi connectivity index (χ4n) is 4.86. The monoisotopic (exact) mass is 392 g/mol. The number of nitrogens with zero attached hydrogens (tertiary/aromatic N) is 2. The van der Waals surface area contributed by atoms with E-state index in [0.29, 0.717) is 32.0 Å². The van der Waals surface area contributed by atoms with Crippen LogP contribution in [0.25, 0.3) is 0 Å². The summed E-state index contributed by atoms with van der Waals surface area (Å²) in [5, 5.41) is 6.29. The number of rotatable bonds is 7. The summed E-state index contributed by atoms with van der Waals surface area (Å²) in [4.78, 5) is 41.4. The predicted molar refractivity (Wildman–Crippen MR) is 108 cm³/mol. The van der Waals surface area contributed by atoms with E-state index in [2.05, 4.69) is 24.5 Å². The van der Waals surface area contributed by atoms with Gasteiger partial charge in [0.2, 0.25) is 17.7 Å². The fourth-order valence-corrected chi connectivity index (χ4v) is 4.86. The Morgan fingerprint density at radius 1 is 1.25 bits per heavy atom. The van der Waals surface area contributed by atoms with E-state index in [0.717, 1.165) is 51.6 Å². The molecule has 2 N–H and O–H groups in total. The van der Waals surface area contributed by atoms with E-state index >= 15 is 0 Å². The van der Waals surface area contributed by atoms with Gasteiger partial charge in [-0.3, -0.25) is 14.4 Å². The van der Waals surface area contributed by atoms with E-state index in [1.807, 2.05) is 9.80 Å². The normalized spacial score (nSPS) is 29.2. The molecule has 3 amide bonds. The van der Waals surface area contributed by atoms with Crippen LogP contribution in [0, 0.1) is 11.8 Å². The van der Waals surface area contributed by atoms with E-state index in [-0.39, 0.29) is 35.7 Å². The third-order valence-corrected chi connectivity index (χ3v) is 6.52. The molecule has 0 spiro atoms. The number of amides is 3. The van der Waals surface area contributed by atoms with Crippen molar-refractivity contribution in [2.45, 2.75) is 70.9 Å². The molecule has 3 aliphatic rings. The highest BCUT2D eigenvalue weighted by molar-refractivity contribution is 5.89. The molecule has 158 valence electrons. The molecule has 4 atom stereocenters. The van der Waals surface area contributed by atoms with Crippen molar-refractivity contribution in [2.75, 3.05) is 32.7 Å². The summed E-state index contributed by atoms with van der Waals surface area (Å²) in [5.41, 5.74) is 0. The largest absolute Gasteiger partial charge is 0.354 e. The van der Waals surface area contributed by atoms with Gasteiger partial charge in [-0.15, -0.1) is 0 Å². The zero-order chi connectivity index (χ0) is 20.1. The second-order valence-electron chi connectivity index (χ2n) is 8.77. The van der Waals surface area contributed by atoms with Crippen LogP contribution in [0.15, 0.2) is 0 Å². The highest BCUT2D eigenvalue weighted by atomic mass is 16.2. The van der Waals surface area contributed by atoms with Crippen LogP contribution in [0.2, 0.25) is 0 Å². The Balaban J connectivity index is 1.47. The Morgan fingerprint density at radius 3 is 2.79 bits per heavy atom. The lowest BCUT2D eigenvalue weighted by Crippen LogP contribution is -2.48. The molecule has 7 nitrogen and oxygen atoms in total. The molecule has 0 aromatic heterocycles. The van der Waals surface area contributed by atoms with Gasteiger partial charge in [0, 0.05) is 38.6 Å². The van der Waals surface area contributed by atoms with Gasteiger partial charge in [0.15, 0.2) is 0 Å². The number of piperidine rings is 1. The van der Waals surface area contributed by atoms with E-state index in [1.165, 1.54) is 0 Å². The van der Waals surface area contributed by atoms with Crippen molar-refractivity contribution in [3.63, 3.8) is 0 Å². The molecule has 28 heavy (non-hydrogen) atoms. The first-order chi connectivity index (χ1) is 13.5. The summed E-state index contributed by atoms with van der Waals surface area (Å²) in [6.07, 6.45) is 6.32. The zero-order valence-electron chi connectivity index (χ0n) is 17.4. The van der Waals surface area contributed by atoms with Gasteiger partial charge in [-0.1, -0.05) is 13.3 Å². The van der Waals surface area contributed by atoms with Gasteiger partial charge >= 0.3 is 0 Å². The van der Waals surface area contributed by atoms with Crippen LogP contribution in [0.4, 0.5) is 0 Å². The van der Waals surface area contributed by atoms with Crippen LogP contribution in [0.1, 0.15) is 58.8 Å². The first-order valence-electron chi connectivity index (χ1n) is 11.1. The van der Waals surface area contributed by atoms with E-state index in [1.54, 1.807) is 0 Å². The third-order valence-electron chi connectivity index (χ3n) is 6.52. The van der Waals surface area contributed by atoms with Crippen molar-refractivity contribution in [3.8, 4) is 0 Å². The minimum atomic E-state index is -0.206. The van der Waals surface area contributed by atoms with E-state index < -0.39 is 0 Å². The summed E-state index contributed by atoms with van der Waals surface area (Å²) in [5.74, 6) is 0.415. The lowest BCUT2D eigenvalue weighted by Gasteiger charge is -2.34. The van der Waals surface area contributed by atoms with Crippen LogP contribution < -0.4 is 10.6 Å². The second-order valence-corrected chi connectivity index (χ2v) is 8.77. The van der Waals surface area contributed by atoms with Gasteiger partial charge in [0.25, 0.3) is 0 Å². The molecule has 3 heterocycles. The maximum absolute atomic E-state index is 13.0. The highest BCUT2D eigenvalue weighted by Crippen LogP contribution is 2.26. The smallest absolute Gasteiger partial charge is 0.237 e. The highest BCUT2D eigenvalue weighted by Gasteiger charge is 2.39. The summed E-state index contributed by atoms with van der Waals surface area (Å²) in [6.45, 7) is 7.75. The molecule has 3 aliphatic heterocycles. The first kappa shape index (κ1) is 21.1. The Bertz CT molecular complexity index is 576. The maximum atomic E-state index is 13.0. The molecule has 0 aromatic carbocycles. The summed E-state index contributed by atoms with van der Waals surface area (Å²) in [7, 11) is 0. The lowest BCUT2D eigenvalue weighted by molar-refractivity contribution is -0.137. The molecular formula is C21H36N4O3. The quantitative estimate of drug-likeness (QED) is 0.681. The summed E-state index contributed by atoms with van der Waals surface area (Å²) >= 11 is 0. The number of carbonyl (C=O) groups is 3. The van der Waals surface area contributed by atoms with Crippen molar-refractivity contribution in [1.82, 2.24) is 20.4 Å². The first-order valence-corrected chi connectivity index (χ1v) is 11.1. The average molecular weight is 393 g/mol. The molecule has 0 saturated carbocycles. The number of carbonyl (C=O) groups excluding carboxylic acids is 3. The number of hydrogen-bond acceptors (Lipinski definition) is 4. The van der Waals surface area contributed by atoms with Gasteiger partial charge in [-0.05, 0) is 51.5 Å². The molecule has 0 bridgehead atoms. The van der Waals surface area contributed by atoms with Crippen molar-refractivity contribution >= 4 is 17.7 Å². The Kier molecular flexibility index (Phi) is 7.32. The number of hydrogen-bond donors (Lipinski definition) is 2. The van der Waals surface area contributed by atoms with Crippen molar-refractivity contribution in [2.24, 2.45) is 11.8 Å². The zero-order valence-corrected chi connectivity index (χ0v) is 17.4. The molecule has 7 heteroatoms. The maximum Gasteiger partial charge on any atom is 0.237 e. The number of likely N-dealkylation sites (tertiary alicyclic amines) is 2. The molecule has 3 saturated heterocycles. The topological polar surface area (TPSA) is 81.8 Å². The van der Waals surface area contributed by atoms with Gasteiger partial charge in [-0.2, -0.15) is 0 Å². The average Bonchev–Trinajstić information content (AvgIpc) is 3.36. The van der Waals surface area contributed by atoms with E-state index in [4.69, 9.17) is 0 Å². The molecule has 3 fully saturated rings. The van der Waals surface area contributed by atoms with Crippen molar-refractivity contribution in [1.29, 1.82) is 0 Å². The van der Waals surface area contributed by atoms with Crippen molar-refractivity contribution < 1.29 is 14.4 Å². The van der Waals surface area contributed by atoms with Crippen LogP contribution in [-0.4, -0.2) is 72.3 Å². The second kappa shape index (κ2) is 9.72. The molecular weight excluding hydrogens is 356 g/mol. The van der Waals surface area contributed by atoms with Gasteiger partial charge in [-0.25, -0.2) is 0 Å². The van der Waals surface area contributed by atoms with Gasteiger partial charge < -0.3 is 20.4 Å². The number of nitrogens with one attached hydrogen (secondary N) is 2. The summed E-state index contributed by atoms with van der Waals surface area (Å²) < 4.78 is 0. The van der Waals surface area contributed by atoms with Crippen LogP contribution in [0.5, 0.6) is 0 Å². The minimum Gasteiger partial charge on any atom is -0.354 e. The molecule has 0 aromatic rings. The predicted octanol–water partition coefficient (Wildman–Crippen LogP) is 1.13. The van der Waals surface area contributed by atoms with Crippen LogP contribution >= 0.6 is 0 Å². The fraction of sp³-hybridized carbons (Fsp3) is 0.857. The molecule has 0 radical (unpaired) electrons. The van der Waals surface area contributed by atoms with Crippen molar-refractivity contribution in [3.05, 3.63) is 0 Å². The third kappa shape index (κ3) is 5.04. The van der Waals surface area contributed by atoms with E-state index in [9.17, 15) is 14.4 Å². The van der Waals surface area contributed by atoms with Gasteiger partial charge in [0.05, 0.1) is 12.0 Å². The SMILES string of the molecule is CCCC(C)N1CC(C(=O)N2CCCC(CNC(=O)C3CCCN3)C2)CC1=O. The lowest BCUT2D eigenvalue weighted by atomic mass is 9.96. The van der Waals surface area contributed by atoms with Crippen LogP contribution in [0.3, 0.4) is 0 Å². The molecule has 0 aliphatic carbocycles. The summed E-state index contributed by atoms with van der Waals surface area (Å²) in [6, 6.07) is 0.158. The molecule has 4 unspecified atom stereocenters. The Labute approximate surface area is 168 Å². The standard InChI is InChI=1S/C21H36N4O3/c1-3-6-15(2)25-14-17(11-19(25)26)21(28)24-10-5-7-16(13-24)12-23-20(27)18-8-4-9-22-18/h15-18,22H,3-14H2,1-2H3,(H,23,27).